The van der Waals surface area contributed by atoms with Crippen molar-refractivity contribution in [3.63, 3.8) is 0 Å². The Kier molecular flexibility index (Phi) is 8.32. The molecule has 10 heteroatoms. The molecule has 0 bridgehead atoms. The number of Topliss-reactive ketones (excluding diaryl/α,β-unsaturated/α-hetero) is 1. The molecule has 0 aromatic rings. The van der Waals surface area contributed by atoms with Gasteiger partial charge in [-0.05, 0) is 6.42 Å². The van der Waals surface area contributed by atoms with Crippen LogP contribution in [0.1, 0.15) is 12.8 Å². The highest BCUT2D eigenvalue weighted by Crippen LogP contribution is 1.98. The van der Waals surface area contributed by atoms with Gasteiger partial charge in [-0.3, -0.25) is 14.4 Å². The van der Waals surface area contributed by atoms with Crippen LogP contribution in [0, 0.1) is 0 Å². The van der Waals surface area contributed by atoms with Gasteiger partial charge in [-0.15, -0.1) is 0 Å². The Bertz CT molecular complexity index is 388. The summed E-state index contributed by atoms with van der Waals surface area (Å²) in [6.07, 6.45) is -1.86. The molecule has 0 aliphatic heterocycles. The van der Waals surface area contributed by atoms with E-state index in [1.54, 1.807) is 0 Å². The van der Waals surface area contributed by atoms with Crippen molar-refractivity contribution in [2.24, 2.45) is 5.73 Å². The van der Waals surface area contributed by atoms with E-state index in [1.807, 2.05) is 0 Å². The largest absolute Gasteiger partial charge is 0.506 e. The molecule has 0 spiro atoms. The Morgan fingerprint density at radius 2 is 1.85 bits per heavy atom. The molecule has 0 heterocycles. The van der Waals surface area contributed by atoms with Crippen LogP contribution in [-0.2, 0) is 19.1 Å². The molecule has 0 aliphatic carbocycles. The monoisotopic (exact) mass is 308 g/mol. The summed E-state index contributed by atoms with van der Waals surface area (Å²) in [5.41, 5.74) is 5.22. The predicted molar refractivity (Wildman–Crippen MR) is 69.6 cm³/mol. The molecule has 2 unspecified atom stereocenters. The number of ketones is 1. The molecular weight excluding hydrogens is 292 g/mol. The number of nitrogens with one attached hydrogen (secondary N) is 1. The van der Waals surface area contributed by atoms with Gasteiger partial charge in [0.1, 0.15) is 6.04 Å². The second-order valence-electron chi connectivity index (χ2n) is 3.81. The Labute approximate surface area is 119 Å². The van der Waals surface area contributed by atoms with Crippen LogP contribution in [0.3, 0.4) is 0 Å². The Balaban J connectivity index is 4.21. The molecule has 9 nitrogen and oxygen atoms in total. The van der Waals surface area contributed by atoms with E-state index in [4.69, 9.17) is 15.9 Å². The number of ether oxygens (including phenoxy) is 1. The summed E-state index contributed by atoms with van der Waals surface area (Å²) >= 11 is 3.86. The maximum atomic E-state index is 11.5. The third-order valence-corrected chi connectivity index (χ3v) is 2.61. The van der Waals surface area contributed by atoms with E-state index in [0.29, 0.717) is 0 Å². The fourth-order valence-electron chi connectivity index (χ4n) is 1.14. The SMILES string of the molecule is NC(CCC(=O)NC(CS)C(=O)COC(=O)O)C(=O)O. The quantitative estimate of drug-likeness (QED) is 0.264. The Hall–Kier alpha value is -1.81. The van der Waals surface area contributed by atoms with Gasteiger partial charge in [0.25, 0.3) is 0 Å². The molecule has 0 rings (SSSR count). The number of carbonyl (C=O) groups excluding carboxylic acids is 2. The second-order valence-corrected chi connectivity index (χ2v) is 4.17. The molecule has 2 atom stereocenters. The lowest BCUT2D eigenvalue weighted by Gasteiger charge is -2.15. The molecule has 0 aromatic carbocycles. The number of hydrogen-bond donors (Lipinski definition) is 5. The number of thiol groups is 1. The van der Waals surface area contributed by atoms with E-state index in [2.05, 4.69) is 22.7 Å². The van der Waals surface area contributed by atoms with Crippen LogP contribution in [0.5, 0.6) is 0 Å². The fraction of sp³-hybridized carbons (Fsp3) is 0.600. The molecule has 1 amide bonds. The predicted octanol–water partition coefficient (Wildman–Crippen LogP) is -1.14. The van der Waals surface area contributed by atoms with Gasteiger partial charge in [-0.25, -0.2) is 4.79 Å². The number of carboxylic acids is 1. The molecular formula is C10H16N2O7S. The van der Waals surface area contributed by atoms with Crippen LogP contribution in [0.25, 0.3) is 0 Å². The van der Waals surface area contributed by atoms with Crippen molar-refractivity contribution in [1.82, 2.24) is 5.32 Å². The van der Waals surface area contributed by atoms with Gasteiger partial charge in [0, 0.05) is 12.2 Å². The van der Waals surface area contributed by atoms with Crippen molar-refractivity contribution in [2.75, 3.05) is 12.4 Å². The topological polar surface area (TPSA) is 156 Å². The molecule has 0 radical (unpaired) electrons. The standard InChI is InChI=1S/C10H16N2O7S/c11-5(9(15)16)1-2-8(14)12-6(4-20)7(13)3-19-10(17)18/h5-6,20H,1-4,11H2,(H,12,14)(H,15,16)(H,17,18). The van der Waals surface area contributed by atoms with Crippen LogP contribution in [0.4, 0.5) is 4.79 Å². The fourth-order valence-corrected chi connectivity index (χ4v) is 1.43. The number of nitrogens with two attached hydrogens (primary N) is 1. The van der Waals surface area contributed by atoms with E-state index >= 15 is 0 Å². The number of carbonyl (C=O) groups is 4. The molecule has 5 N–H and O–H groups in total. The van der Waals surface area contributed by atoms with Crippen LogP contribution in [-0.4, -0.2) is 58.5 Å². The highest BCUT2D eigenvalue weighted by Gasteiger charge is 2.21. The first-order valence-corrected chi connectivity index (χ1v) is 6.18. The number of carboxylic acid groups (broad SMARTS) is 2. The summed E-state index contributed by atoms with van der Waals surface area (Å²) in [6.45, 7) is -0.699. The third kappa shape index (κ3) is 7.59. The summed E-state index contributed by atoms with van der Waals surface area (Å²) in [4.78, 5) is 43.5. The van der Waals surface area contributed by atoms with Crippen LogP contribution in [0.2, 0.25) is 0 Å². The summed E-state index contributed by atoms with van der Waals surface area (Å²) in [5, 5.41) is 19.1. The van der Waals surface area contributed by atoms with Gasteiger partial charge in [0.15, 0.2) is 12.4 Å². The minimum absolute atomic E-state index is 0.0431. The third-order valence-electron chi connectivity index (χ3n) is 2.24. The highest BCUT2D eigenvalue weighted by molar-refractivity contribution is 7.80. The molecule has 0 aliphatic rings. The van der Waals surface area contributed by atoms with E-state index in [1.165, 1.54) is 0 Å². The van der Waals surface area contributed by atoms with E-state index in [9.17, 15) is 19.2 Å². The van der Waals surface area contributed by atoms with Crippen molar-refractivity contribution in [3.05, 3.63) is 0 Å². The lowest BCUT2D eigenvalue weighted by Crippen LogP contribution is -2.44. The second kappa shape index (κ2) is 9.15. The van der Waals surface area contributed by atoms with Gasteiger partial charge >= 0.3 is 12.1 Å². The minimum Gasteiger partial charge on any atom is -0.480 e. The molecule has 20 heavy (non-hydrogen) atoms. The van der Waals surface area contributed by atoms with Crippen molar-refractivity contribution in [3.8, 4) is 0 Å². The van der Waals surface area contributed by atoms with Crippen molar-refractivity contribution in [2.45, 2.75) is 24.9 Å². The van der Waals surface area contributed by atoms with Gasteiger partial charge in [-0.1, -0.05) is 0 Å². The maximum Gasteiger partial charge on any atom is 0.506 e. The summed E-state index contributed by atoms with van der Waals surface area (Å²) in [6, 6.07) is -2.17. The number of aliphatic carboxylic acids is 1. The molecule has 0 saturated carbocycles. The van der Waals surface area contributed by atoms with Crippen LogP contribution in [0.15, 0.2) is 0 Å². The number of amides is 1. The average molecular weight is 308 g/mol. The highest BCUT2D eigenvalue weighted by atomic mass is 32.1. The normalized spacial score (nSPS) is 13.1. The summed E-state index contributed by atoms with van der Waals surface area (Å²) < 4.78 is 4.08. The lowest BCUT2D eigenvalue weighted by molar-refractivity contribution is -0.138. The Morgan fingerprint density at radius 3 is 2.30 bits per heavy atom. The van der Waals surface area contributed by atoms with Crippen LogP contribution < -0.4 is 11.1 Å². The number of rotatable bonds is 9. The smallest absolute Gasteiger partial charge is 0.480 e. The van der Waals surface area contributed by atoms with Crippen molar-refractivity contribution in [1.29, 1.82) is 0 Å². The minimum atomic E-state index is -1.60. The first-order valence-electron chi connectivity index (χ1n) is 5.55. The van der Waals surface area contributed by atoms with Crippen molar-refractivity contribution < 1.29 is 34.1 Å². The molecule has 0 saturated heterocycles. The van der Waals surface area contributed by atoms with Crippen molar-refractivity contribution >= 4 is 36.4 Å². The van der Waals surface area contributed by atoms with Crippen LogP contribution >= 0.6 is 12.6 Å². The average Bonchev–Trinajstić information content (AvgIpc) is 2.38. The first kappa shape index (κ1) is 18.2. The van der Waals surface area contributed by atoms with Gasteiger partial charge in [0.05, 0.1) is 6.04 Å². The summed E-state index contributed by atoms with van der Waals surface area (Å²) in [7, 11) is 0. The van der Waals surface area contributed by atoms with Gasteiger partial charge in [-0.2, -0.15) is 12.6 Å². The zero-order chi connectivity index (χ0) is 15.7. The van der Waals surface area contributed by atoms with Gasteiger partial charge in [0.2, 0.25) is 5.91 Å². The molecule has 114 valence electrons. The Morgan fingerprint density at radius 1 is 1.25 bits per heavy atom. The summed E-state index contributed by atoms with van der Waals surface area (Å²) in [5.74, 6) is -2.50. The maximum absolute atomic E-state index is 11.5. The first-order chi connectivity index (χ1) is 9.27. The number of hydrogen-bond acceptors (Lipinski definition) is 7. The zero-order valence-electron chi connectivity index (χ0n) is 10.4. The molecule has 0 fully saturated rings. The zero-order valence-corrected chi connectivity index (χ0v) is 11.3. The van der Waals surface area contributed by atoms with E-state index in [-0.39, 0.29) is 18.6 Å². The van der Waals surface area contributed by atoms with E-state index < -0.39 is 42.5 Å². The van der Waals surface area contributed by atoms with E-state index in [0.717, 1.165) is 0 Å². The lowest BCUT2D eigenvalue weighted by atomic mass is 10.1. The van der Waals surface area contributed by atoms with Gasteiger partial charge < -0.3 is 26.0 Å². The molecule has 0 aromatic heterocycles.